The fourth-order valence-electron chi connectivity index (χ4n) is 3.84. The van der Waals surface area contributed by atoms with Gasteiger partial charge in [0.05, 0.1) is 0 Å². The number of nitrogens with one attached hydrogen (secondary N) is 2. The summed E-state index contributed by atoms with van der Waals surface area (Å²) in [5.74, 6) is 1.73. The van der Waals surface area contributed by atoms with Gasteiger partial charge in [-0.3, -0.25) is 9.98 Å². The molecule has 0 radical (unpaired) electrons. The minimum absolute atomic E-state index is 0.0734. The van der Waals surface area contributed by atoms with E-state index in [0.29, 0.717) is 57.1 Å². The molecule has 10 N–H and O–H groups in total. The van der Waals surface area contributed by atoms with Gasteiger partial charge in [-0.25, -0.2) is 0 Å². The molecule has 0 unspecified atom stereocenters. The molecule has 0 aliphatic heterocycles. The number of guanidine groups is 2. The average molecular weight is 533 g/mol. The molecule has 0 spiro atoms. The smallest absolute Gasteiger partial charge is 0.231 e. The maximum atomic E-state index is 5.49. The number of aromatic nitrogens is 3. The predicted molar refractivity (Wildman–Crippen MR) is 160 cm³/mol. The Hall–Kier alpha value is -4.61. The molecule has 0 atom stereocenters. The van der Waals surface area contributed by atoms with Crippen LogP contribution < -0.4 is 38.5 Å². The van der Waals surface area contributed by atoms with Crippen molar-refractivity contribution in [3.63, 3.8) is 0 Å². The number of benzene rings is 2. The van der Waals surface area contributed by atoms with Crippen LogP contribution in [0.5, 0.6) is 0 Å². The number of rotatable bonds is 17. The molecule has 0 fully saturated rings. The average Bonchev–Trinajstić information content (AvgIpc) is 2.93. The second-order valence-corrected chi connectivity index (χ2v) is 8.91. The van der Waals surface area contributed by atoms with Crippen molar-refractivity contribution in [2.75, 3.05) is 54.8 Å². The van der Waals surface area contributed by atoms with E-state index in [1.54, 1.807) is 0 Å². The molecule has 39 heavy (non-hydrogen) atoms. The van der Waals surface area contributed by atoms with Crippen LogP contribution in [0, 0.1) is 0 Å². The molecule has 2 aromatic carbocycles. The highest BCUT2D eigenvalue weighted by Gasteiger charge is 2.14. The first-order valence-electron chi connectivity index (χ1n) is 13.2. The molecule has 3 rings (SSSR count). The van der Waals surface area contributed by atoms with Crippen molar-refractivity contribution in [3.8, 4) is 0 Å². The van der Waals surface area contributed by atoms with Crippen molar-refractivity contribution < 1.29 is 0 Å². The Morgan fingerprint density at radius 2 is 1.08 bits per heavy atom. The Bertz CT molecular complexity index is 1070. The molecule has 12 heteroatoms. The third kappa shape index (κ3) is 11.5. The quantitative estimate of drug-likeness (QED) is 0.0838. The van der Waals surface area contributed by atoms with Crippen LogP contribution in [-0.2, 0) is 12.8 Å². The normalized spacial score (nSPS) is 10.5. The molecule has 208 valence electrons. The van der Waals surface area contributed by atoms with E-state index in [0.717, 1.165) is 25.7 Å². The summed E-state index contributed by atoms with van der Waals surface area (Å²) in [7, 11) is 0. The van der Waals surface area contributed by atoms with E-state index in [1.165, 1.54) is 11.1 Å². The van der Waals surface area contributed by atoms with Gasteiger partial charge in [0.1, 0.15) is 0 Å². The molecule has 0 aliphatic carbocycles. The fourth-order valence-corrected chi connectivity index (χ4v) is 3.84. The lowest BCUT2D eigenvalue weighted by Crippen LogP contribution is -2.30. The van der Waals surface area contributed by atoms with Gasteiger partial charge in [-0.15, -0.1) is 0 Å². The first kappa shape index (κ1) is 29.0. The van der Waals surface area contributed by atoms with Crippen LogP contribution in [-0.4, -0.2) is 66.1 Å². The van der Waals surface area contributed by atoms with Gasteiger partial charge in [0.2, 0.25) is 17.8 Å². The Kier molecular flexibility index (Phi) is 12.1. The fraction of sp³-hybridized carbons (Fsp3) is 0.370. The summed E-state index contributed by atoms with van der Waals surface area (Å²) in [6.45, 7) is 3.67. The zero-order valence-electron chi connectivity index (χ0n) is 22.3. The van der Waals surface area contributed by atoms with Crippen LogP contribution in [0.3, 0.4) is 0 Å². The Morgan fingerprint density at radius 1 is 0.641 bits per heavy atom. The summed E-state index contributed by atoms with van der Waals surface area (Å²) >= 11 is 0. The Balaban J connectivity index is 1.75. The molecule has 3 aromatic rings. The van der Waals surface area contributed by atoms with Crippen molar-refractivity contribution in [2.24, 2.45) is 32.9 Å². The third-order valence-electron chi connectivity index (χ3n) is 5.75. The van der Waals surface area contributed by atoms with Crippen molar-refractivity contribution in [2.45, 2.75) is 25.7 Å². The van der Waals surface area contributed by atoms with Crippen LogP contribution in [0.15, 0.2) is 70.6 Å². The molecule has 0 saturated heterocycles. The lowest BCUT2D eigenvalue weighted by molar-refractivity contribution is 0.683. The van der Waals surface area contributed by atoms with Crippen LogP contribution in [0.25, 0.3) is 0 Å². The molecule has 0 aliphatic rings. The monoisotopic (exact) mass is 532 g/mol. The standard InChI is InChI=1S/C27H40N12/c28-23(29)32-15-7-19-39(20-8-16-33-24(30)31)27-37-25(34-17-13-21-9-3-1-4-10-21)36-26(38-27)35-18-14-22-11-5-2-6-12-22/h1-6,9-12H,7-8,13-20H2,(H4,28,29,32)(H4,30,31,33)(H2,34,35,36,37,38). The molecule has 0 bridgehead atoms. The summed E-state index contributed by atoms with van der Waals surface area (Å²) in [5.41, 5.74) is 24.4. The van der Waals surface area contributed by atoms with Gasteiger partial charge >= 0.3 is 0 Å². The highest BCUT2D eigenvalue weighted by Crippen LogP contribution is 2.16. The van der Waals surface area contributed by atoms with Gasteiger partial charge in [0.15, 0.2) is 11.9 Å². The lowest BCUT2D eigenvalue weighted by atomic mass is 10.1. The summed E-state index contributed by atoms with van der Waals surface area (Å²) in [6.07, 6.45) is 3.14. The van der Waals surface area contributed by atoms with Crippen molar-refractivity contribution in [1.29, 1.82) is 0 Å². The molecular formula is C27H40N12. The Labute approximate surface area is 230 Å². The molecular weight excluding hydrogens is 492 g/mol. The minimum Gasteiger partial charge on any atom is -0.370 e. The van der Waals surface area contributed by atoms with E-state index in [4.69, 9.17) is 32.9 Å². The molecule has 1 aromatic heterocycles. The number of aliphatic imine (C=N–C) groups is 2. The maximum absolute atomic E-state index is 5.49. The minimum atomic E-state index is 0.0734. The van der Waals surface area contributed by atoms with Gasteiger partial charge in [-0.2, -0.15) is 15.0 Å². The molecule has 0 amide bonds. The number of hydrogen-bond donors (Lipinski definition) is 6. The summed E-state index contributed by atoms with van der Waals surface area (Å²) < 4.78 is 0. The number of nitrogens with zero attached hydrogens (tertiary/aromatic N) is 6. The number of hydrogen-bond acceptors (Lipinski definition) is 8. The van der Waals surface area contributed by atoms with E-state index in [9.17, 15) is 0 Å². The maximum Gasteiger partial charge on any atom is 0.231 e. The first-order valence-corrected chi connectivity index (χ1v) is 13.2. The van der Waals surface area contributed by atoms with Crippen molar-refractivity contribution in [3.05, 3.63) is 71.8 Å². The van der Waals surface area contributed by atoms with Gasteiger partial charge < -0.3 is 38.5 Å². The van der Waals surface area contributed by atoms with E-state index in [1.807, 2.05) is 36.4 Å². The third-order valence-corrected chi connectivity index (χ3v) is 5.75. The lowest BCUT2D eigenvalue weighted by Gasteiger charge is -2.23. The number of anilines is 3. The highest BCUT2D eigenvalue weighted by atomic mass is 15.3. The summed E-state index contributed by atoms with van der Waals surface area (Å²) in [4.78, 5) is 24.4. The zero-order chi connectivity index (χ0) is 27.7. The van der Waals surface area contributed by atoms with Crippen LogP contribution >= 0.6 is 0 Å². The zero-order valence-corrected chi connectivity index (χ0v) is 22.3. The second kappa shape index (κ2) is 16.3. The van der Waals surface area contributed by atoms with E-state index >= 15 is 0 Å². The number of nitrogens with two attached hydrogens (primary N) is 4. The topological polar surface area (TPSA) is 195 Å². The van der Waals surface area contributed by atoms with Crippen LogP contribution in [0.2, 0.25) is 0 Å². The summed E-state index contributed by atoms with van der Waals surface area (Å²) in [5, 5.41) is 6.73. The highest BCUT2D eigenvalue weighted by molar-refractivity contribution is 5.75. The largest absolute Gasteiger partial charge is 0.370 e. The predicted octanol–water partition coefficient (Wildman–Crippen LogP) is 1.31. The molecule has 12 nitrogen and oxygen atoms in total. The molecule has 0 saturated carbocycles. The van der Waals surface area contributed by atoms with Crippen LogP contribution in [0.1, 0.15) is 24.0 Å². The van der Waals surface area contributed by atoms with Crippen molar-refractivity contribution in [1.82, 2.24) is 15.0 Å². The van der Waals surface area contributed by atoms with Gasteiger partial charge in [-0.1, -0.05) is 60.7 Å². The van der Waals surface area contributed by atoms with E-state index in [2.05, 4.69) is 54.8 Å². The van der Waals surface area contributed by atoms with Gasteiger partial charge in [0, 0.05) is 39.3 Å². The van der Waals surface area contributed by atoms with Crippen molar-refractivity contribution >= 4 is 29.8 Å². The molecule has 1 heterocycles. The van der Waals surface area contributed by atoms with Gasteiger partial charge in [0.25, 0.3) is 0 Å². The summed E-state index contributed by atoms with van der Waals surface area (Å²) in [6, 6.07) is 20.6. The van der Waals surface area contributed by atoms with Crippen LogP contribution in [0.4, 0.5) is 17.8 Å². The second-order valence-electron chi connectivity index (χ2n) is 8.91. The van der Waals surface area contributed by atoms with Gasteiger partial charge in [-0.05, 0) is 36.8 Å². The first-order chi connectivity index (χ1) is 19.0. The van der Waals surface area contributed by atoms with E-state index in [-0.39, 0.29) is 11.9 Å². The van der Waals surface area contributed by atoms with E-state index < -0.39 is 0 Å². The Morgan fingerprint density at radius 3 is 1.49 bits per heavy atom. The SMILES string of the molecule is NC(N)=NCCCN(CCCN=C(N)N)c1nc(NCCc2ccccc2)nc(NCCc2ccccc2)n1.